The second-order valence-electron chi connectivity index (χ2n) is 4.02. The molecule has 5 heteroatoms. The number of rotatable bonds is 4. The number of ether oxygens (including phenoxy) is 1. The van der Waals surface area contributed by atoms with Crippen LogP contribution >= 0.6 is 11.6 Å². The molecule has 0 aliphatic heterocycles. The SMILES string of the molecule is Cc1ccc(OCc2cccc(Cl)c2)c(C(=O)O)n1. The van der Waals surface area contributed by atoms with Crippen LogP contribution in [0.1, 0.15) is 21.7 Å². The van der Waals surface area contributed by atoms with E-state index in [-0.39, 0.29) is 18.1 Å². The van der Waals surface area contributed by atoms with Gasteiger partial charge in [-0.25, -0.2) is 9.78 Å². The summed E-state index contributed by atoms with van der Waals surface area (Å²) in [4.78, 5) is 15.0. The third kappa shape index (κ3) is 3.45. The molecule has 0 fully saturated rings. The number of aromatic nitrogens is 1. The molecule has 0 amide bonds. The summed E-state index contributed by atoms with van der Waals surface area (Å²) in [6.07, 6.45) is 0. The van der Waals surface area contributed by atoms with Crippen LogP contribution in [0.5, 0.6) is 5.75 Å². The summed E-state index contributed by atoms with van der Waals surface area (Å²) in [5.41, 5.74) is 1.42. The van der Waals surface area contributed by atoms with Crippen molar-refractivity contribution in [2.24, 2.45) is 0 Å². The quantitative estimate of drug-likeness (QED) is 0.931. The Kier molecular flexibility index (Phi) is 4.02. The van der Waals surface area contributed by atoms with E-state index in [1.54, 1.807) is 31.2 Å². The average Bonchev–Trinajstić information content (AvgIpc) is 2.37. The molecule has 0 bridgehead atoms. The van der Waals surface area contributed by atoms with Gasteiger partial charge in [0.05, 0.1) is 0 Å². The lowest BCUT2D eigenvalue weighted by molar-refractivity contribution is 0.0684. The third-order valence-electron chi connectivity index (χ3n) is 2.48. The Balaban J connectivity index is 2.17. The number of hydrogen-bond acceptors (Lipinski definition) is 3. The second kappa shape index (κ2) is 5.71. The number of aromatic carboxylic acids is 1. The Morgan fingerprint density at radius 3 is 2.84 bits per heavy atom. The first-order chi connectivity index (χ1) is 9.06. The molecule has 1 aromatic heterocycles. The largest absolute Gasteiger partial charge is 0.486 e. The smallest absolute Gasteiger partial charge is 0.358 e. The number of nitrogens with zero attached hydrogens (tertiary/aromatic N) is 1. The molecule has 1 heterocycles. The van der Waals surface area contributed by atoms with Gasteiger partial charge >= 0.3 is 5.97 Å². The van der Waals surface area contributed by atoms with E-state index < -0.39 is 5.97 Å². The molecule has 0 aliphatic carbocycles. The Hall–Kier alpha value is -2.07. The molecule has 1 aromatic carbocycles. The second-order valence-corrected chi connectivity index (χ2v) is 4.46. The van der Waals surface area contributed by atoms with E-state index in [0.717, 1.165) is 5.56 Å². The fraction of sp³-hybridized carbons (Fsp3) is 0.143. The number of aryl methyl sites for hydroxylation is 1. The third-order valence-corrected chi connectivity index (χ3v) is 2.72. The van der Waals surface area contributed by atoms with Crippen molar-refractivity contribution in [2.45, 2.75) is 13.5 Å². The van der Waals surface area contributed by atoms with Gasteiger partial charge in [0.25, 0.3) is 0 Å². The number of benzene rings is 1. The van der Waals surface area contributed by atoms with Gasteiger partial charge in [0, 0.05) is 10.7 Å². The predicted molar refractivity (Wildman–Crippen MR) is 71.7 cm³/mol. The lowest BCUT2D eigenvalue weighted by atomic mass is 10.2. The molecule has 0 saturated heterocycles. The van der Waals surface area contributed by atoms with Gasteiger partial charge in [0.1, 0.15) is 6.61 Å². The standard InChI is InChI=1S/C14H12ClNO3/c1-9-5-6-12(13(16-9)14(17)18)19-8-10-3-2-4-11(15)7-10/h2-7H,8H2,1H3,(H,17,18). The number of carboxylic acids is 1. The summed E-state index contributed by atoms with van der Waals surface area (Å²) in [6, 6.07) is 10.5. The fourth-order valence-corrected chi connectivity index (χ4v) is 1.81. The van der Waals surface area contributed by atoms with Crippen molar-refractivity contribution >= 4 is 17.6 Å². The van der Waals surface area contributed by atoms with Gasteiger partial charge in [-0.3, -0.25) is 0 Å². The Morgan fingerprint density at radius 2 is 2.16 bits per heavy atom. The number of halogens is 1. The van der Waals surface area contributed by atoms with Crippen molar-refractivity contribution < 1.29 is 14.6 Å². The van der Waals surface area contributed by atoms with E-state index >= 15 is 0 Å². The van der Waals surface area contributed by atoms with Gasteiger partial charge in [-0.2, -0.15) is 0 Å². The summed E-state index contributed by atoms with van der Waals surface area (Å²) < 4.78 is 5.49. The molecule has 98 valence electrons. The minimum absolute atomic E-state index is 0.0815. The molecule has 0 spiro atoms. The molecule has 2 aromatic rings. The van der Waals surface area contributed by atoms with Crippen molar-refractivity contribution in [3.8, 4) is 5.75 Å². The zero-order valence-corrected chi connectivity index (χ0v) is 11.0. The van der Waals surface area contributed by atoms with Crippen LogP contribution in [0, 0.1) is 6.92 Å². The van der Waals surface area contributed by atoms with Gasteiger partial charge in [-0.05, 0) is 36.8 Å². The van der Waals surface area contributed by atoms with Crippen LogP contribution in [0.3, 0.4) is 0 Å². The number of carbonyl (C=O) groups is 1. The first-order valence-corrected chi connectivity index (χ1v) is 6.02. The molecule has 2 rings (SSSR count). The van der Waals surface area contributed by atoms with Crippen LogP contribution < -0.4 is 4.74 Å². The van der Waals surface area contributed by atoms with Crippen LogP contribution in [-0.2, 0) is 6.61 Å². The maximum atomic E-state index is 11.1. The maximum Gasteiger partial charge on any atom is 0.358 e. The molecular weight excluding hydrogens is 266 g/mol. The lowest BCUT2D eigenvalue weighted by Gasteiger charge is -2.09. The highest BCUT2D eigenvalue weighted by molar-refractivity contribution is 6.30. The van der Waals surface area contributed by atoms with E-state index in [2.05, 4.69) is 4.98 Å². The fourth-order valence-electron chi connectivity index (χ4n) is 1.60. The maximum absolute atomic E-state index is 11.1. The molecule has 0 unspecified atom stereocenters. The molecule has 0 saturated carbocycles. The summed E-state index contributed by atoms with van der Waals surface area (Å²) in [7, 11) is 0. The molecular formula is C14H12ClNO3. The summed E-state index contributed by atoms with van der Waals surface area (Å²) in [6.45, 7) is 1.97. The van der Waals surface area contributed by atoms with Crippen LogP contribution in [0.25, 0.3) is 0 Å². The lowest BCUT2D eigenvalue weighted by Crippen LogP contribution is -2.06. The minimum atomic E-state index is -1.11. The monoisotopic (exact) mass is 277 g/mol. The molecule has 0 radical (unpaired) electrons. The Morgan fingerprint density at radius 1 is 1.37 bits per heavy atom. The minimum Gasteiger partial charge on any atom is -0.486 e. The molecule has 0 atom stereocenters. The molecule has 4 nitrogen and oxygen atoms in total. The van der Waals surface area contributed by atoms with Gasteiger partial charge in [0.15, 0.2) is 11.4 Å². The number of carboxylic acid groups (broad SMARTS) is 1. The van der Waals surface area contributed by atoms with E-state index in [9.17, 15) is 4.79 Å². The van der Waals surface area contributed by atoms with E-state index in [0.29, 0.717) is 10.7 Å². The van der Waals surface area contributed by atoms with Gasteiger partial charge in [-0.1, -0.05) is 23.7 Å². The van der Waals surface area contributed by atoms with E-state index in [1.165, 1.54) is 0 Å². The highest BCUT2D eigenvalue weighted by Crippen LogP contribution is 2.19. The van der Waals surface area contributed by atoms with Crippen molar-refractivity contribution in [3.05, 3.63) is 58.4 Å². The van der Waals surface area contributed by atoms with Gasteiger partial charge < -0.3 is 9.84 Å². The highest BCUT2D eigenvalue weighted by atomic mass is 35.5. The summed E-state index contributed by atoms with van der Waals surface area (Å²) in [5.74, 6) is -0.858. The normalized spacial score (nSPS) is 10.2. The first kappa shape index (κ1) is 13.4. The predicted octanol–water partition coefficient (Wildman–Crippen LogP) is 3.32. The summed E-state index contributed by atoms with van der Waals surface area (Å²) in [5, 5.41) is 9.68. The van der Waals surface area contributed by atoms with Crippen LogP contribution in [0.4, 0.5) is 0 Å². The van der Waals surface area contributed by atoms with Crippen LogP contribution in [0.2, 0.25) is 5.02 Å². The van der Waals surface area contributed by atoms with Crippen molar-refractivity contribution in [1.82, 2.24) is 4.98 Å². The Labute approximate surface area is 115 Å². The number of pyridine rings is 1. The molecule has 0 aliphatic rings. The first-order valence-electron chi connectivity index (χ1n) is 5.64. The van der Waals surface area contributed by atoms with E-state index in [4.69, 9.17) is 21.4 Å². The van der Waals surface area contributed by atoms with Gasteiger partial charge in [-0.15, -0.1) is 0 Å². The highest BCUT2D eigenvalue weighted by Gasteiger charge is 2.13. The van der Waals surface area contributed by atoms with Crippen LogP contribution in [0.15, 0.2) is 36.4 Å². The molecule has 1 N–H and O–H groups in total. The zero-order chi connectivity index (χ0) is 13.8. The topological polar surface area (TPSA) is 59.4 Å². The zero-order valence-electron chi connectivity index (χ0n) is 10.3. The van der Waals surface area contributed by atoms with Crippen molar-refractivity contribution in [2.75, 3.05) is 0 Å². The van der Waals surface area contributed by atoms with Crippen LogP contribution in [-0.4, -0.2) is 16.1 Å². The van der Waals surface area contributed by atoms with Crippen molar-refractivity contribution in [3.63, 3.8) is 0 Å². The summed E-state index contributed by atoms with van der Waals surface area (Å²) >= 11 is 5.87. The molecule has 19 heavy (non-hydrogen) atoms. The van der Waals surface area contributed by atoms with Crippen molar-refractivity contribution in [1.29, 1.82) is 0 Å². The van der Waals surface area contributed by atoms with Gasteiger partial charge in [0.2, 0.25) is 0 Å². The van der Waals surface area contributed by atoms with E-state index in [1.807, 2.05) is 12.1 Å². The average molecular weight is 278 g/mol. The number of hydrogen-bond donors (Lipinski definition) is 1. The Bertz CT molecular complexity index is 613.